The number of benzene rings is 1. The van der Waals surface area contributed by atoms with Gasteiger partial charge in [0.05, 0.1) is 6.20 Å². The summed E-state index contributed by atoms with van der Waals surface area (Å²) in [6.07, 6.45) is 12.3. The number of nitrogens with zero attached hydrogens (tertiary/aromatic N) is 4. The normalized spacial score (nSPS) is 13.1. The Morgan fingerprint density at radius 3 is 2.74 bits per heavy atom. The first-order chi connectivity index (χ1) is 15.1. The predicted molar refractivity (Wildman–Crippen MR) is 129 cm³/mol. The fourth-order valence-electron chi connectivity index (χ4n) is 3.64. The van der Waals surface area contributed by atoms with E-state index in [0.717, 1.165) is 66.3 Å². The lowest BCUT2D eigenvalue weighted by Gasteiger charge is -2.13. The summed E-state index contributed by atoms with van der Waals surface area (Å²) in [6.45, 7) is 6.87. The zero-order valence-corrected chi connectivity index (χ0v) is 18.3. The molecule has 0 saturated heterocycles. The Balaban J connectivity index is 1.45. The summed E-state index contributed by atoms with van der Waals surface area (Å²) in [5.41, 5.74) is 6.44. The third-order valence-corrected chi connectivity index (χ3v) is 5.44. The van der Waals surface area contributed by atoms with Gasteiger partial charge in [-0.05, 0) is 44.1 Å². The zero-order chi connectivity index (χ0) is 21.6. The monoisotopic (exact) mass is 414 g/mol. The minimum Gasteiger partial charge on any atom is -0.384 e. The van der Waals surface area contributed by atoms with Crippen LogP contribution in [-0.4, -0.2) is 53.2 Å². The first kappa shape index (κ1) is 20.9. The summed E-state index contributed by atoms with van der Waals surface area (Å²) in [5, 5.41) is 11.5. The minimum absolute atomic E-state index is 0.849. The van der Waals surface area contributed by atoms with Crippen LogP contribution >= 0.6 is 0 Å². The van der Waals surface area contributed by atoms with E-state index < -0.39 is 0 Å². The summed E-state index contributed by atoms with van der Waals surface area (Å²) in [4.78, 5) is 6.73. The lowest BCUT2D eigenvalue weighted by molar-refractivity contribution is 0.411. The van der Waals surface area contributed by atoms with E-state index in [9.17, 15) is 0 Å². The second kappa shape index (κ2) is 9.62. The predicted octanol–water partition coefficient (Wildman–Crippen LogP) is 4.21. The number of hydrogen-bond donors (Lipinski definition) is 2. The maximum absolute atomic E-state index is 4.59. The molecule has 1 aliphatic carbocycles. The number of allylic oxidation sites excluding steroid dienone is 3. The molecule has 0 amide bonds. The van der Waals surface area contributed by atoms with Gasteiger partial charge in [0.2, 0.25) is 0 Å². The maximum atomic E-state index is 4.59. The molecule has 6 heteroatoms. The molecule has 31 heavy (non-hydrogen) atoms. The van der Waals surface area contributed by atoms with Gasteiger partial charge in [-0.25, -0.2) is 4.98 Å². The van der Waals surface area contributed by atoms with E-state index in [1.165, 1.54) is 5.57 Å². The van der Waals surface area contributed by atoms with E-state index in [4.69, 9.17) is 0 Å². The molecule has 0 saturated carbocycles. The SMILES string of the molecule is C=C(NCCN(C)C)c1ccc(-c2cnn3c(NCCC4=CC=CC4)ccnc23)cc1. The van der Waals surface area contributed by atoms with Crippen molar-refractivity contribution in [2.75, 3.05) is 39.0 Å². The van der Waals surface area contributed by atoms with Crippen molar-refractivity contribution in [3.8, 4) is 11.1 Å². The van der Waals surface area contributed by atoms with E-state index in [-0.39, 0.29) is 0 Å². The zero-order valence-electron chi connectivity index (χ0n) is 18.3. The van der Waals surface area contributed by atoms with E-state index in [1.807, 2.05) is 23.0 Å². The standard InChI is InChI=1S/C25H30N6/c1-19(26-16-17-30(2)3)21-8-10-22(11-9-21)23-18-29-31-24(13-15-28-25(23)31)27-14-12-20-6-4-5-7-20/h4-6,8-11,13,15,18,26-27H,1,7,12,14,16-17H2,2-3H3. The molecule has 0 radical (unpaired) electrons. The van der Waals surface area contributed by atoms with E-state index in [2.05, 4.69) is 88.8 Å². The van der Waals surface area contributed by atoms with Crippen LogP contribution in [0.1, 0.15) is 18.4 Å². The fourth-order valence-corrected chi connectivity index (χ4v) is 3.64. The molecular weight excluding hydrogens is 384 g/mol. The molecule has 0 spiro atoms. The molecular formula is C25H30N6. The van der Waals surface area contributed by atoms with Crippen molar-refractivity contribution >= 4 is 17.2 Å². The lowest BCUT2D eigenvalue weighted by atomic mass is 10.1. The third-order valence-electron chi connectivity index (χ3n) is 5.44. The van der Waals surface area contributed by atoms with Gasteiger partial charge in [0.1, 0.15) is 5.82 Å². The first-order valence-electron chi connectivity index (χ1n) is 10.7. The van der Waals surface area contributed by atoms with E-state index >= 15 is 0 Å². The summed E-state index contributed by atoms with van der Waals surface area (Å²) < 4.78 is 1.88. The van der Waals surface area contributed by atoms with E-state index in [1.54, 1.807) is 0 Å². The molecule has 2 aromatic heterocycles. The molecule has 0 bridgehead atoms. The Hall–Kier alpha value is -3.38. The maximum Gasteiger partial charge on any atom is 0.165 e. The van der Waals surface area contributed by atoms with Crippen LogP contribution < -0.4 is 10.6 Å². The quantitative estimate of drug-likeness (QED) is 0.521. The number of likely N-dealkylation sites (N-methyl/N-ethyl adjacent to an activating group) is 1. The van der Waals surface area contributed by atoms with Crippen LogP contribution in [0.15, 0.2) is 73.1 Å². The van der Waals surface area contributed by atoms with Crippen molar-refractivity contribution in [3.05, 3.63) is 78.7 Å². The molecule has 1 aliphatic rings. The average Bonchev–Trinajstić information content (AvgIpc) is 3.44. The van der Waals surface area contributed by atoms with Gasteiger partial charge in [-0.3, -0.25) is 0 Å². The van der Waals surface area contributed by atoms with Gasteiger partial charge in [-0.1, -0.05) is 54.6 Å². The second-order valence-corrected chi connectivity index (χ2v) is 8.04. The Kier molecular flexibility index (Phi) is 6.48. The van der Waals surface area contributed by atoms with Crippen molar-refractivity contribution in [2.45, 2.75) is 12.8 Å². The van der Waals surface area contributed by atoms with Crippen molar-refractivity contribution in [2.24, 2.45) is 0 Å². The fraction of sp³-hybridized carbons (Fsp3) is 0.280. The Labute approximate surface area is 184 Å². The molecule has 6 nitrogen and oxygen atoms in total. The summed E-state index contributed by atoms with van der Waals surface area (Å²) in [6, 6.07) is 10.4. The van der Waals surface area contributed by atoms with Crippen molar-refractivity contribution in [3.63, 3.8) is 0 Å². The van der Waals surface area contributed by atoms with Crippen molar-refractivity contribution in [1.29, 1.82) is 0 Å². The van der Waals surface area contributed by atoms with Gasteiger partial charge in [-0.2, -0.15) is 9.61 Å². The summed E-state index contributed by atoms with van der Waals surface area (Å²) in [7, 11) is 4.13. The van der Waals surface area contributed by atoms with Gasteiger partial charge < -0.3 is 15.5 Å². The third kappa shape index (κ3) is 5.03. The highest BCUT2D eigenvalue weighted by atomic mass is 15.3. The van der Waals surface area contributed by atoms with Crippen molar-refractivity contribution < 1.29 is 0 Å². The molecule has 0 aliphatic heterocycles. The van der Waals surface area contributed by atoms with Gasteiger partial charge in [0, 0.05) is 37.1 Å². The Morgan fingerprint density at radius 1 is 1.16 bits per heavy atom. The number of hydrogen-bond acceptors (Lipinski definition) is 5. The van der Waals surface area contributed by atoms with Crippen LogP contribution in [-0.2, 0) is 0 Å². The molecule has 2 N–H and O–H groups in total. The minimum atomic E-state index is 0.849. The van der Waals surface area contributed by atoms with Crippen LogP contribution in [0.4, 0.5) is 5.82 Å². The molecule has 0 fully saturated rings. The number of fused-ring (bicyclic) bond motifs is 1. The Morgan fingerprint density at radius 2 is 2.00 bits per heavy atom. The largest absolute Gasteiger partial charge is 0.384 e. The van der Waals surface area contributed by atoms with Crippen LogP contribution in [0.3, 0.4) is 0 Å². The van der Waals surface area contributed by atoms with Crippen LogP contribution in [0.5, 0.6) is 0 Å². The van der Waals surface area contributed by atoms with Gasteiger partial charge in [-0.15, -0.1) is 0 Å². The molecule has 0 unspecified atom stereocenters. The molecule has 0 atom stereocenters. The number of nitrogens with one attached hydrogen (secondary N) is 2. The number of aromatic nitrogens is 3. The van der Waals surface area contributed by atoms with Gasteiger partial charge in [0.25, 0.3) is 0 Å². The highest BCUT2D eigenvalue weighted by Crippen LogP contribution is 2.26. The van der Waals surface area contributed by atoms with Crippen molar-refractivity contribution in [1.82, 2.24) is 24.8 Å². The van der Waals surface area contributed by atoms with Crippen LogP contribution in [0.2, 0.25) is 0 Å². The summed E-state index contributed by atoms with van der Waals surface area (Å²) >= 11 is 0. The topological polar surface area (TPSA) is 57.5 Å². The molecule has 160 valence electrons. The summed E-state index contributed by atoms with van der Waals surface area (Å²) in [5.74, 6) is 0.956. The lowest BCUT2D eigenvalue weighted by Crippen LogP contribution is -2.25. The number of anilines is 1. The molecule has 4 rings (SSSR count). The second-order valence-electron chi connectivity index (χ2n) is 8.04. The van der Waals surface area contributed by atoms with Crippen LogP contribution in [0.25, 0.3) is 22.5 Å². The van der Waals surface area contributed by atoms with E-state index in [0.29, 0.717) is 0 Å². The number of rotatable bonds is 10. The van der Waals surface area contributed by atoms with Gasteiger partial charge in [0.15, 0.2) is 5.65 Å². The Bertz CT molecular complexity index is 1100. The van der Waals surface area contributed by atoms with Gasteiger partial charge >= 0.3 is 0 Å². The first-order valence-corrected chi connectivity index (χ1v) is 10.7. The van der Waals surface area contributed by atoms with Crippen LogP contribution in [0, 0.1) is 0 Å². The molecule has 1 aromatic carbocycles. The smallest absolute Gasteiger partial charge is 0.165 e. The molecule has 3 aromatic rings. The highest BCUT2D eigenvalue weighted by Gasteiger charge is 2.11. The molecule has 2 heterocycles. The average molecular weight is 415 g/mol. The highest BCUT2D eigenvalue weighted by molar-refractivity contribution is 5.79.